The topological polar surface area (TPSA) is 29.5 Å². The summed E-state index contributed by atoms with van der Waals surface area (Å²) in [5.41, 5.74) is 0. The van der Waals surface area contributed by atoms with Gasteiger partial charge in [0.05, 0.1) is 6.61 Å². The van der Waals surface area contributed by atoms with Gasteiger partial charge in [-0.1, -0.05) is 13.8 Å². The number of hydrogen-bond acceptors (Lipinski definition) is 2. The molecule has 56 valence electrons. The van der Waals surface area contributed by atoms with Gasteiger partial charge in [-0.2, -0.15) is 0 Å². The third-order valence-electron chi connectivity index (χ3n) is 1.06. The van der Waals surface area contributed by atoms with Crippen molar-refractivity contribution in [3.63, 3.8) is 0 Å². The monoisotopic (exact) mass is 132 g/mol. The maximum atomic E-state index is 8.55. The minimum atomic E-state index is 0.226. The molecule has 2 heteroatoms. The predicted octanol–water partition coefficient (Wildman–Crippen LogP) is 1.04. The van der Waals surface area contributed by atoms with E-state index in [-0.39, 0.29) is 12.5 Å². The van der Waals surface area contributed by atoms with E-state index in [1.165, 1.54) is 0 Å². The zero-order valence-electron chi connectivity index (χ0n) is 6.26. The average molecular weight is 132 g/mol. The fraction of sp³-hybridized carbons (Fsp3) is 1.00. The first-order chi connectivity index (χ1) is 4.31. The average Bonchev–Trinajstić information content (AvgIpc) is 1.89. The first-order valence-electron chi connectivity index (χ1n) is 3.49. The van der Waals surface area contributed by atoms with E-state index in [9.17, 15) is 0 Å². The predicted molar refractivity (Wildman–Crippen MR) is 37.4 cm³/mol. The molecule has 0 spiro atoms. The van der Waals surface area contributed by atoms with E-state index < -0.39 is 0 Å². The van der Waals surface area contributed by atoms with Crippen LogP contribution < -0.4 is 0 Å². The van der Waals surface area contributed by atoms with E-state index in [1.807, 2.05) is 6.92 Å². The molecule has 0 radical (unpaired) electrons. The highest BCUT2D eigenvalue weighted by Crippen LogP contribution is 1.93. The van der Waals surface area contributed by atoms with Crippen LogP contribution in [0.5, 0.6) is 0 Å². The molecule has 0 aromatic rings. The summed E-state index contributed by atoms with van der Waals surface area (Å²) in [6.45, 7) is 5.76. The third-order valence-corrected chi connectivity index (χ3v) is 1.06. The lowest BCUT2D eigenvalue weighted by Crippen LogP contribution is -2.09. The number of rotatable bonds is 5. The second kappa shape index (κ2) is 6.05. The van der Waals surface area contributed by atoms with Crippen LogP contribution in [-0.2, 0) is 4.74 Å². The van der Waals surface area contributed by atoms with Crippen molar-refractivity contribution < 1.29 is 9.84 Å². The fourth-order valence-electron chi connectivity index (χ4n) is 0.482. The Morgan fingerprint density at radius 3 is 2.67 bits per heavy atom. The molecule has 0 aliphatic carbocycles. The quantitative estimate of drug-likeness (QED) is 0.566. The molecule has 1 N–H and O–H groups in total. The van der Waals surface area contributed by atoms with Gasteiger partial charge in [0.25, 0.3) is 0 Å². The Labute approximate surface area is 56.8 Å². The van der Waals surface area contributed by atoms with Gasteiger partial charge in [0.15, 0.2) is 0 Å². The Morgan fingerprint density at radius 1 is 1.56 bits per heavy atom. The SMILES string of the molecule is CCCOCC(C)CO. The highest BCUT2D eigenvalue weighted by atomic mass is 16.5. The smallest absolute Gasteiger partial charge is 0.0513 e. The molecule has 0 fully saturated rings. The van der Waals surface area contributed by atoms with Gasteiger partial charge < -0.3 is 9.84 Å². The van der Waals surface area contributed by atoms with E-state index in [1.54, 1.807) is 0 Å². The van der Waals surface area contributed by atoms with Crippen LogP contribution in [0.2, 0.25) is 0 Å². The van der Waals surface area contributed by atoms with Crippen LogP contribution in [-0.4, -0.2) is 24.9 Å². The van der Waals surface area contributed by atoms with Crippen LogP contribution in [0.3, 0.4) is 0 Å². The summed E-state index contributed by atoms with van der Waals surface area (Å²) in [4.78, 5) is 0. The van der Waals surface area contributed by atoms with Gasteiger partial charge in [0, 0.05) is 19.1 Å². The van der Waals surface area contributed by atoms with Crippen molar-refractivity contribution in [3.05, 3.63) is 0 Å². The number of aliphatic hydroxyl groups excluding tert-OH is 1. The minimum absolute atomic E-state index is 0.226. The molecule has 1 atom stereocenters. The minimum Gasteiger partial charge on any atom is -0.396 e. The second-order valence-electron chi connectivity index (χ2n) is 2.36. The Bertz CT molecular complexity index is 54.9. The maximum Gasteiger partial charge on any atom is 0.0513 e. The highest BCUT2D eigenvalue weighted by molar-refractivity contribution is 4.45. The molecule has 0 rings (SSSR count). The van der Waals surface area contributed by atoms with Crippen molar-refractivity contribution in [2.24, 2.45) is 5.92 Å². The van der Waals surface area contributed by atoms with Crippen LogP contribution >= 0.6 is 0 Å². The van der Waals surface area contributed by atoms with Crippen molar-refractivity contribution in [2.45, 2.75) is 20.3 Å². The van der Waals surface area contributed by atoms with Gasteiger partial charge in [-0.25, -0.2) is 0 Å². The Balaban J connectivity index is 2.88. The molecule has 0 bridgehead atoms. The van der Waals surface area contributed by atoms with E-state index in [0.29, 0.717) is 6.61 Å². The molecule has 1 unspecified atom stereocenters. The van der Waals surface area contributed by atoms with E-state index in [2.05, 4.69) is 6.92 Å². The Kier molecular flexibility index (Phi) is 5.99. The van der Waals surface area contributed by atoms with Crippen molar-refractivity contribution in [1.82, 2.24) is 0 Å². The molecular weight excluding hydrogens is 116 g/mol. The molecule has 0 heterocycles. The number of ether oxygens (including phenoxy) is 1. The van der Waals surface area contributed by atoms with Crippen molar-refractivity contribution in [3.8, 4) is 0 Å². The standard InChI is InChI=1S/C7H16O2/c1-3-4-9-6-7(2)5-8/h7-8H,3-6H2,1-2H3. The normalized spacial score (nSPS) is 13.7. The van der Waals surface area contributed by atoms with Crippen molar-refractivity contribution >= 4 is 0 Å². The molecular formula is C7H16O2. The zero-order valence-corrected chi connectivity index (χ0v) is 6.26. The van der Waals surface area contributed by atoms with Crippen LogP contribution in [0.25, 0.3) is 0 Å². The maximum absolute atomic E-state index is 8.55. The molecule has 0 aliphatic heterocycles. The Hall–Kier alpha value is -0.0800. The number of aliphatic hydroxyl groups is 1. The molecule has 2 nitrogen and oxygen atoms in total. The van der Waals surface area contributed by atoms with Gasteiger partial charge in [0.1, 0.15) is 0 Å². The summed E-state index contributed by atoms with van der Waals surface area (Å²) >= 11 is 0. The van der Waals surface area contributed by atoms with Crippen LogP contribution in [0, 0.1) is 5.92 Å². The summed E-state index contributed by atoms with van der Waals surface area (Å²) in [7, 11) is 0. The highest BCUT2D eigenvalue weighted by Gasteiger charge is 1.97. The summed E-state index contributed by atoms with van der Waals surface area (Å²) < 4.78 is 5.18. The van der Waals surface area contributed by atoms with Gasteiger partial charge in [-0.15, -0.1) is 0 Å². The van der Waals surface area contributed by atoms with Gasteiger partial charge in [-0.05, 0) is 6.42 Å². The molecule has 0 aromatic carbocycles. The van der Waals surface area contributed by atoms with E-state index in [4.69, 9.17) is 9.84 Å². The van der Waals surface area contributed by atoms with E-state index >= 15 is 0 Å². The lowest BCUT2D eigenvalue weighted by molar-refractivity contribution is 0.0804. The molecule has 0 saturated carbocycles. The lowest BCUT2D eigenvalue weighted by atomic mass is 10.2. The van der Waals surface area contributed by atoms with Crippen LogP contribution in [0.15, 0.2) is 0 Å². The van der Waals surface area contributed by atoms with Crippen molar-refractivity contribution in [2.75, 3.05) is 19.8 Å². The molecule has 0 saturated heterocycles. The zero-order chi connectivity index (χ0) is 7.11. The van der Waals surface area contributed by atoms with E-state index in [0.717, 1.165) is 13.0 Å². The summed E-state index contributed by atoms with van der Waals surface area (Å²) in [5, 5.41) is 8.55. The first kappa shape index (κ1) is 8.92. The first-order valence-corrected chi connectivity index (χ1v) is 3.49. The molecule has 0 aromatic heterocycles. The second-order valence-corrected chi connectivity index (χ2v) is 2.36. The lowest BCUT2D eigenvalue weighted by Gasteiger charge is -2.06. The number of hydrogen-bond donors (Lipinski definition) is 1. The largest absolute Gasteiger partial charge is 0.396 e. The summed E-state index contributed by atoms with van der Waals surface area (Å²) in [5.74, 6) is 0.288. The summed E-state index contributed by atoms with van der Waals surface area (Å²) in [6.07, 6.45) is 1.05. The molecule has 9 heavy (non-hydrogen) atoms. The van der Waals surface area contributed by atoms with Crippen LogP contribution in [0.1, 0.15) is 20.3 Å². The summed E-state index contributed by atoms with van der Waals surface area (Å²) in [6, 6.07) is 0. The van der Waals surface area contributed by atoms with Gasteiger partial charge >= 0.3 is 0 Å². The van der Waals surface area contributed by atoms with Gasteiger partial charge in [0.2, 0.25) is 0 Å². The van der Waals surface area contributed by atoms with Crippen LogP contribution in [0.4, 0.5) is 0 Å². The van der Waals surface area contributed by atoms with Crippen molar-refractivity contribution in [1.29, 1.82) is 0 Å². The Morgan fingerprint density at radius 2 is 2.22 bits per heavy atom. The molecule has 0 aliphatic rings. The van der Waals surface area contributed by atoms with Gasteiger partial charge in [-0.3, -0.25) is 0 Å². The fourth-order valence-corrected chi connectivity index (χ4v) is 0.482. The molecule has 0 amide bonds. The third kappa shape index (κ3) is 5.80.